The highest BCUT2D eigenvalue weighted by Crippen LogP contribution is 2.27. The van der Waals surface area contributed by atoms with Gasteiger partial charge in [0, 0.05) is 25.0 Å². The summed E-state index contributed by atoms with van der Waals surface area (Å²) >= 11 is 0. The van der Waals surface area contributed by atoms with Crippen LogP contribution in [-0.4, -0.2) is 37.8 Å². The number of benzene rings is 1. The van der Waals surface area contributed by atoms with Gasteiger partial charge in [0.05, 0.1) is 10.5 Å². The molecule has 6 nitrogen and oxygen atoms in total. The van der Waals surface area contributed by atoms with Crippen molar-refractivity contribution in [3.8, 4) is 6.07 Å². The number of nitriles is 1. The van der Waals surface area contributed by atoms with Crippen LogP contribution in [0.25, 0.3) is 0 Å². The first-order chi connectivity index (χ1) is 11.5. The van der Waals surface area contributed by atoms with Crippen molar-refractivity contribution >= 4 is 15.9 Å². The summed E-state index contributed by atoms with van der Waals surface area (Å²) in [5.74, 6) is 0.256. The molecule has 2 fully saturated rings. The topological polar surface area (TPSA) is 90.3 Å². The van der Waals surface area contributed by atoms with Gasteiger partial charge < -0.3 is 5.32 Å². The van der Waals surface area contributed by atoms with Crippen molar-refractivity contribution in [1.29, 1.82) is 5.26 Å². The van der Waals surface area contributed by atoms with Crippen molar-refractivity contribution in [2.75, 3.05) is 13.1 Å². The number of carbonyl (C=O) groups excluding carboxylic acids is 1. The minimum absolute atomic E-state index is 0.0377. The molecule has 0 radical (unpaired) electrons. The number of carbonyl (C=O) groups is 1. The van der Waals surface area contributed by atoms with Crippen LogP contribution in [0.3, 0.4) is 0 Å². The smallest absolute Gasteiger partial charge is 0.244 e. The van der Waals surface area contributed by atoms with Gasteiger partial charge >= 0.3 is 0 Å². The van der Waals surface area contributed by atoms with E-state index >= 15 is 0 Å². The van der Waals surface area contributed by atoms with Gasteiger partial charge in [0.25, 0.3) is 0 Å². The Kier molecular flexibility index (Phi) is 4.88. The number of piperidine rings is 1. The number of sulfonamides is 1. The van der Waals surface area contributed by atoms with Crippen LogP contribution >= 0.6 is 0 Å². The molecule has 1 aromatic rings. The Morgan fingerprint density at radius 1 is 1.17 bits per heavy atom. The van der Waals surface area contributed by atoms with Crippen molar-refractivity contribution in [2.45, 2.75) is 43.0 Å². The van der Waals surface area contributed by atoms with E-state index in [9.17, 15) is 13.2 Å². The molecule has 1 amide bonds. The average Bonchev–Trinajstić information content (AvgIpc) is 2.53. The Labute approximate surface area is 142 Å². The van der Waals surface area contributed by atoms with Crippen LogP contribution in [0.15, 0.2) is 29.2 Å². The second kappa shape index (κ2) is 6.91. The molecule has 1 N–H and O–H groups in total. The molecule has 3 rings (SSSR count). The highest BCUT2D eigenvalue weighted by Gasteiger charge is 2.33. The van der Waals surface area contributed by atoms with Gasteiger partial charge in [0.15, 0.2) is 0 Å². The molecule has 1 aliphatic heterocycles. The second-order valence-electron chi connectivity index (χ2n) is 6.42. The second-order valence-corrected chi connectivity index (χ2v) is 8.33. The quantitative estimate of drug-likeness (QED) is 0.896. The molecule has 7 heteroatoms. The number of nitrogens with zero attached hydrogens (tertiary/aromatic N) is 2. The van der Waals surface area contributed by atoms with Crippen LogP contribution in [-0.2, 0) is 14.8 Å². The van der Waals surface area contributed by atoms with Crippen LogP contribution < -0.4 is 5.32 Å². The number of rotatable bonds is 4. The predicted octanol–water partition coefficient (Wildman–Crippen LogP) is 1.63. The van der Waals surface area contributed by atoms with Gasteiger partial charge in [0.2, 0.25) is 15.9 Å². The van der Waals surface area contributed by atoms with E-state index in [4.69, 9.17) is 5.26 Å². The third-order valence-corrected chi connectivity index (χ3v) is 6.86. The lowest BCUT2D eigenvalue weighted by Gasteiger charge is -2.33. The molecule has 1 heterocycles. The Morgan fingerprint density at radius 2 is 1.83 bits per heavy atom. The Balaban J connectivity index is 1.63. The van der Waals surface area contributed by atoms with Crippen LogP contribution in [0.2, 0.25) is 0 Å². The summed E-state index contributed by atoms with van der Waals surface area (Å²) in [5, 5.41) is 12.2. The molecular formula is C17H21N3O3S. The van der Waals surface area contributed by atoms with E-state index in [0.29, 0.717) is 25.9 Å². The van der Waals surface area contributed by atoms with E-state index < -0.39 is 10.0 Å². The molecule has 0 atom stereocenters. The van der Waals surface area contributed by atoms with Crippen molar-refractivity contribution in [1.82, 2.24) is 9.62 Å². The summed E-state index contributed by atoms with van der Waals surface area (Å²) in [7, 11) is -3.67. The minimum Gasteiger partial charge on any atom is -0.353 e. The molecule has 1 saturated carbocycles. The molecule has 2 aliphatic rings. The van der Waals surface area contributed by atoms with E-state index in [1.165, 1.54) is 16.4 Å². The number of nitrogens with one attached hydrogen (secondary N) is 1. The molecular weight excluding hydrogens is 326 g/mol. The largest absolute Gasteiger partial charge is 0.353 e. The van der Waals surface area contributed by atoms with Gasteiger partial charge in [-0.15, -0.1) is 0 Å². The molecule has 1 aromatic carbocycles. The maximum Gasteiger partial charge on any atom is 0.244 e. The van der Waals surface area contributed by atoms with Crippen molar-refractivity contribution in [3.63, 3.8) is 0 Å². The maximum atomic E-state index is 12.7. The Hall–Kier alpha value is -1.91. The predicted molar refractivity (Wildman–Crippen MR) is 88.4 cm³/mol. The zero-order valence-electron chi connectivity index (χ0n) is 13.4. The fourth-order valence-corrected chi connectivity index (χ4v) is 4.76. The van der Waals surface area contributed by atoms with E-state index in [2.05, 4.69) is 5.32 Å². The van der Waals surface area contributed by atoms with E-state index in [1.807, 2.05) is 6.07 Å². The first-order valence-electron chi connectivity index (χ1n) is 8.32. The highest BCUT2D eigenvalue weighted by atomic mass is 32.2. The van der Waals surface area contributed by atoms with Gasteiger partial charge in [-0.3, -0.25) is 4.79 Å². The van der Waals surface area contributed by atoms with E-state index in [1.54, 1.807) is 12.1 Å². The monoisotopic (exact) mass is 347 g/mol. The van der Waals surface area contributed by atoms with Crippen molar-refractivity contribution in [3.05, 3.63) is 29.8 Å². The maximum absolute atomic E-state index is 12.7. The number of hydrogen-bond donors (Lipinski definition) is 1. The summed E-state index contributed by atoms with van der Waals surface area (Å²) in [6.07, 6.45) is 4.25. The van der Waals surface area contributed by atoms with Gasteiger partial charge in [-0.1, -0.05) is 18.6 Å². The lowest BCUT2D eigenvalue weighted by molar-refractivity contribution is -0.128. The van der Waals surface area contributed by atoms with E-state index in [-0.39, 0.29) is 28.3 Å². The zero-order chi connectivity index (χ0) is 17.2. The summed E-state index contributed by atoms with van der Waals surface area (Å²) in [4.78, 5) is 12.1. The summed E-state index contributed by atoms with van der Waals surface area (Å²) < 4.78 is 26.9. The summed E-state index contributed by atoms with van der Waals surface area (Å²) in [5.41, 5.74) is 0.165. The molecule has 0 aromatic heterocycles. The first kappa shape index (κ1) is 16.9. The highest BCUT2D eigenvalue weighted by molar-refractivity contribution is 7.89. The molecule has 1 aliphatic carbocycles. The minimum atomic E-state index is -3.67. The van der Waals surface area contributed by atoms with Gasteiger partial charge in [-0.05, 0) is 37.8 Å². The molecule has 1 saturated heterocycles. The average molecular weight is 347 g/mol. The third-order valence-electron chi connectivity index (χ3n) is 4.90. The van der Waals surface area contributed by atoms with Gasteiger partial charge in [-0.2, -0.15) is 9.57 Å². The third kappa shape index (κ3) is 3.30. The Bertz CT molecular complexity index is 758. The van der Waals surface area contributed by atoms with Crippen LogP contribution in [0.1, 0.15) is 37.7 Å². The van der Waals surface area contributed by atoms with Crippen LogP contribution in [0.5, 0.6) is 0 Å². The molecule has 0 spiro atoms. The Morgan fingerprint density at radius 3 is 2.42 bits per heavy atom. The SMILES string of the molecule is N#Cc1ccccc1S(=O)(=O)N1CCC(NC(=O)C2CCC2)CC1. The van der Waals surface area contributed by atoms with Crippen molar-refractivity contribution in [2.24, 2.45) is 5.92 Å². The lowest BCUT2D eigenvalue weighted by atomic mass is 9.84. The normalized spacial score (nSPS) is 20.1. The molecule has 0 unspecified atom stereocenters. The first-order valence-corrected chi connectivity index (χ1v) is 9.76. The number of hydrogen-bond acceptors (Lipinski definition) is 4. The van der Waals surface area contributed by atoms with Gasteiger partial charge in [0.1, 0.15) is 6.07 Å². The molecule has 24 heavy (non-hydrogen) atoms. The lowest BCUT2D eigenvalue weighted by Crippen LogP contribution is -2.48. The molecule has 0 bridgehead atoms. The zero-order valence-corrected chi connectivity index (χ0v) is 14.3. The van der Waals surface area contributed by atoms with Gasteiger partial charge in [-0.25, -0.2) is 8.42 Å². The van der Waals surface area contributed by atoms with Crippen molar-refractivity contribution < 1.29 is 13.2 Å². The van der Waals surface area contributed by atoms with Crippen LogP contribution in [0, 0.1) is 17.2 Å². The fraction of sp³-hybridized carbons (Fsp3) is 0.529. The fourth-order valence-electron chi connectivity index (χ4n) is 3.15. The van der Waals surface area contributed by atoms with E-state index in [0.717, 1.165) is 19.3 Å². The standard InChI is InChI=1S/C17H21N3O3S/c18-12-14-4-1-2-7-16(14)24(22,23)20-10-8-15(9-11-20)19-17(21)13-5-3-6-13/h1-2,4,7,13,15H,3,5-6,8-11H2,(H,19,21). The summed E-state index contributed by atoms with van der Waals surface area (Å²) in [6.45, 7) is 0.718. The number of amides is 1. The van der Waals surface area contributed by atoms with Crippen LogP contribution in [0.4, 0.5) is 0 Å². The summed E-state index contributed by atoms with van der Waals surface area (Å²) in [6, 6.07) is 8.24. The molecule has 128 valence electrons.